The van der Waals surface area contributed by atoms with Gasteiger partial charge >= 0.3 is 0 Å². The van der Waals surface area contributed by atoms with Gasteiger partial charge in [0.15, 0.2) is 5.78 Å². The minimum Gasteiger partial charge on any atom is -0.297 e. The zero-order valence-corrected chi connectivity index (χ0v) is 13.8. The summed E-state index contributed by atoms with van der Waals surface area (Å²) in [6.07, 6.45) is 2.50. The van der Waals surface area contributed by atoms with E-state index in [9.17, 15) is 4.79 Å². The monoisotopic (exact) mass is 281 g/mol. The van der Waals surface area contributed by atoms with Crippen molar-refractivity contribution >= 4 is 17.1 Å². The van der Waals surface area contributed by atoms with Crippen LogP contribution in [-0.2, 0) is 17.6 Å². The molecule has 1 atom stereocenters. The van der Waals surface area contributed by atoms with Crippen LogP contribution in [0.4, 0.5) is 0 Å². The molecule has 0 radical (unpaired) electrons. The van der Waals surface area contributed by atoms with Gasteiger partial charge in [0.05, 0.1) is 5.54 Å². The standard InChI is InChI=1S/C16H27NOS/c1-6-13-10-11-14(19-13)12-15(18)16(5,7-2)17(8-3)9-4/h10-11H,6-9,12H2,1-5H3. The summed E-state index contributed by atoms with van der Waals surface area (Å²) in [6, 6.07) is 4.26. The molecule has 0 bridgehead atoms. The highest BCUT2D eigenvalue weighted by Crippen LogP contribution is 2.25. The van der Waals surface area contributed by atoms with E-state index in [2.05, 4.69) is 51.7 Å². The third-order valence-corrected chi connectivity index (χ3v) is 5.38. The summed E-state index contributed by atoms with van der Waals surface area (Å²) < 4.78 is 0. The fourth-order valence-electron chi connectivity index (χ4n) is 2.57. The van der Waals surface area contributed by atoms with Crippen molar-refractivity contribution in [2.75, 3.05) is 13.1 Å². The van der Waals surface area contributed by atoms with Gasteiger partial charge in [-0.15, -0.1) is 11.3 Å². The number of aryl methyl sites for hydroxylation is 1. The molecule has 0 aromatic carbocycles. The molecule has 0 amide bonds. The van der Waals surface area contributed by atoms with Crippen LogP contribution in [0.2, 0.25) is 0 Å². The fraction of sp³-hybridized carbons (Fsp3) is 0.688. The van der Waals surface area contributed by atoms with Crippen LogP contribution in [0.1, 0.15) is 50.8 Å². The van der Waals surface area contributed by atoms with E-state index in [1.165, 1.54) is 9.75 Å². The van der Waals surface area contributed by atoms with Crippen LogP contribution in [0, 0.1) is 0 Å². The molecular formula is C16H27NOS. The predicted octanol–water partition coefficient (Wildman–Crippen LogP) is 3.93. The van der Waals surface area contributed by atoms with Crippen molar-refractivity contribution in [2.24, 2.45) is 0 Å². The van der Waals surface area contributed by atoms with Crippen LogP contribution in [0.15, 0.2) is 12.1 Å². The molecule has 3 heteroatoms. The molecule has 0 saturated heterocycles. The third-order valence-electron chi connectivity index (χ3n) is 4.15. The molecule has 1 unspecified atom stereocenters. The van der Waals surface area contributed by atoms with Crippen molar-refractivity contribution in [1.82, 2.24) is 4.90 Å². The first-order valence-electron chi connectivity index (χ1n) is 7.37. The number of hydrogen-bond donors (Lipinski definition) is 0. The Balaban J connectivity index is 2.83. The average molecular weight is 281 g/mol. The van der Waals surface area contributed by atoms with E-state index in [0.29, 0.717) is 12.2 Å². The van der Waals surface area contributed by atoms with E-state index in [4.69, 9.17) is 0 Å². The highest BCUT2D eigenvalue weighted by Gasteiger charge is 2.35. The summed E-state index contributed by atoms with van der Waals surface area (Å²) >= 11 is 1.78. The Morgan fingerprint density at radius 1 is 1.16 bits per heavy atom. The summed E-state index contributed by atoms with van der Waals surface area (Å²) in [5.74, 6) is 0.350. The van der Waals surface area contributed by atoms with Gasteiger partial charge in [0, 0.05) is 16.2 Å². The van der Waals surface area contributed by atoms with Gasteiger partial charge in [0.1, 0.15) is 0 Å². The highest BCUT2D eigenvalue weighted by atomic mass is 32.1. The smallest absolute Gasteiger partial charge is 0.157 e. The molecule has 1 heterocycles. The van der Waals surface area contributed by atoms with Gasteiger partial charge in [-0.2, -0.15) is 0 Å². The Kier molecular flexibility index (Phi) is 6.21. The number of hydrogen-bond acceptors (Lipinski definition) is 3. The molecular weight excluding hydrogens is 254 g/mol. The van der Waals surface area contributed by atoms with Crippen molar-refractivity contribution in [1.29, 1.82) is 0 Å². The Morgan fingerprint density at radius 2 is 1.74 bits per heavy atom. The lowest BCUT2D eigenvalue weighted by Gasteiger charge is -2.38. The number of carbonyl (C=O) groups is 1. The quantitative estimate of drug-likeness (QED) is 0.719. The second-order valence-corrected chi connectivity index (χ2v) is 6.37. The van der Waals surface area contributed by atoms with Crippen LogP contribution in [0.5, 0.6) is 0 Å². The Hall–Kier alpha value is -0.670. The predicted molar refractivity (Wildman–Crippen MR) is 84.0 cm³/mol. The second kappa shape index (κ2) is 7.20. The molecule has 1 aromatic heterocycles. The van der Waals surface area contributed by atoms with Crippen molar-refractivity contribution in [3.8, 4) is 0 Å². The van der Waals surface area contributed by atoms with E-state index in [-0.39, 0.29) is 5.54 Å². The number of likely N-dealkylation sites (N-methyl/N-ethyl adjacent to an activating group) is 1. The summed E-state index contributed by atoms with van der Waals surface area (Å²) in [4.78, 5) is 17.5. The first-order valence-corrected chi connectivity index (χ1v) is 8.19. The molecule has 0 N–H and O–H groups in total. The normalized spacial score (nSPS) is 14.6. The molecule has 2 nitrogen and oxygen atoms in total. The lowest BCUT2D eigenvalue weighted by Crippen LogP contribution is -2.52. The van der Waals surface area contributed by atoms with Gasteiger partial charge in [0.25, 0.3) is 0 Å². The topological polar surface area (TPSA) is 20.3 Å². The van der Waals surface area contributed by atoms with Crippen LogP contribution >= 0.6 is 11.3 Å². The fourth-order valence-corrected chi connectivity index (χ4v) is 3.53. The number of rotatable bonds is 8. The van der Waals surface area contributed by atoms with Gasteiger partial charge < -0.3 is 0 Å². The molecule has 19 heavy (non-hydrogen) atoms. The minimum absolute atomic E-state index is 0.320. The maximum Gasteiger partial charge on any atom is 0.157 e. The van der Waals surface area contributed by atoms with Crippen LogP contribution < -0.4 is 0 Å². The number of carbonyl (C=O) groups excluding carboxylic acids is 1. The maximum absolute atomic E-state index is 12.7. The van der Waals surface area contributed by atoms with E-state index >= 15 is 0 Å². The summed E-state index contributed by atoms with van der Waals surface area (Å²) in [5, 5.41) is 0. The molecule has 1 rings (SSSR count). The summed E-state index contributed by atoms with van der Waals surface area (Å²) in [7, 11) is 0. The van der Waals surface area contributed by atoms with Crippen molar-refractivity contribution in [3.05, 3.63) is 21.9 Å². The Morgan fingerprint density at radius 3 is 2.16 bits per heavy atom. The molecule has 0 spiro atoms. The van der Waals surface area contributed by atoms with Crippen molar-refractivity contribution < 1.29 is 4.79 Å². The molecule has 0 saturated carbocycles. The minimum atomic E-state index is -0.320. The van der Waals surface area contributed by atoms with E-state index in [1.807, 2.05) is 0 Å². The molecule has 0 aliphatic rings. The average Bonchev–Trinajstić information content (AvgIpc) is 2.87. The largest absolute Gasteiger partial charge is 0.297 e. The number of thiophene rings is 1. The number of Topliss-reactive ketones (excluding diaryl/α,β-unsaturated/α-hetero) is 1. The van der Waals surface area contributed by atoms with Gasteiger partial charge in [-0.05, 0) is 45.0 Å². The lowest BCUT2D eigenvalue weighted by atomic mass is 9.88. The summed E-state index contributed by atoms with van der Waals surface area (Å²) in [5.41, 5.74) is -0.320. The SMILES string of the molecule is CCc1ccc(CC(=O)C(C)(CC)N(CC)CC)s1. The van der Waals surface area contributed by atoms with Gasteiger partial charge in [0.2, 0.25) is 0 Å². The Bertz CT molecular complexity index is 409. The van der Waals surface area contributed by atoms with Gasteiger partial charge in [-0.25, -0.2) is 0 Å². The van der Waals surface area contributed by atoms with Crippen LogP contribution in [-0.4, -0.2) is 29.3 Å². The number of ketones is 1. The summed E-state index contributed by atoms with van der Waals surface area (Å²) in [6.45, 7) is 12.5. The first kappa shape index (κ1) is 16.4. The lowest BCUT2D eigenvalue weighted by molar-refractivity contribution is -0.129. The molecule has 108 valence electrons. The van der Waals surface area contributed by atoms with E-state index in [0.717, 1.165) is 25.9 Å². The molecule has 0 fully saturated rings. The molecule has 1 aromatic rings. The first-order chi connectivity index (χ1) is 9.01. The van der Waals surface area contributed by atoms with Gasteiger partial charge in [-0.3, -0.25) is 9.69 Å². The van der Waals surface area contributed by atoms with Crippen LogP contribution in [0.25, 0.3) is 0 Å². The Labute approximate surface area is 121 Å². The van der Waals surface area contributed by atoms with Crippen molar-refractivity contribution in [2.45, 2.75) is 59.4 Å². The number of nitrogens with zero attached hydrogens (tertiary/aromatic N) is 1. The zero-order valence-electron chi connectivity index (χ0n) is 13.0. The van der Waals surface area contributed by atoms with Crippen molar-refractivity contribution in [3.63, 3.8) is 0 Å². The zero-order chi connectivity index (χ0) is 14.5. The maximum atomic E-state index is 12.7. The molecule has 0 aliphatic carbocycles. The third kappa shape index (κ3) is 3.67. The van der Waals surface area contributed by atoms with E-state index in [1.54, 1.807) is 11.3 Å². The van der Waals surface area contributed by atoms with Gasteiger partial charge in [-0.1, -0.05) is 27.7 Å². The molecule has 0 aliphatic heterocycles. The van der Waals surface area contributed by atoms with Crippen LogP contribution in [0.3, 0.4) is 0 Å². The highest BCUT2D eigenvalue weighted by molar-refractivity contribution is 7.12. The second-order valence-electron chi connectivity index (χ2n) is 5.12. The van der Waals surface area contributed by atoms with E-state index < -0.39 is 0 Å².